The molecule has 0 atom stereocenters. The lowest BCUT2D eigenvalue weighted by Gasteiger charge is -2.26. The normalized spacial score (nSPS) is 10.7. The average Bonchev–Trinajstić information content (AvgIpc) is 2.30. The molecule has 0 aliphatic heterocycles. The number of hydrogen-bond donors (Lipinski definition) is 2. The molecule has 0 unspecified atom stereocenters. The van der Waals surface area contributed by atoms with Crippen molar-refractivity contribution in [3.8, 4) is 0 Å². The second kappa shape index (κ2) is 6.26. The van der Waals surface area contributed by atoms with E-state index in [4.69, 9.17) is 10.8 Å². The molecule has 0 radical (unpaired) electrons. The van der Waals surface area contributed by atoms with E-state index in [1.165, 1.54) is 6.07 Å². The number of benzene rings is 1. The summed E-state index contributed by atoms with van der Waals surface area (Å²) in [5, 5.41) is 8.90. The lowest BCUT2D eigenvalue weighted by atomic mass is 10.1. The molecular weight excluding hydrogens is 230 g/mol. The molecule has 0 amide bonds. The number of carbonyl (C=O) groups is 1. The third kappa shape index (κ3) is 3.63. The lowest BCUT2D eigenvalue weighted by molar-refractivity contribution is 0.0697. The van der Waals surface area contributed by atoms with Gasteiger partial charge in [-0.2, -0.15) is 0 Å². The van der Waals surface area contributed by atoms with Gasteiger partial charge in [-0.25, -0.2) is 4.79 Å². The quantitative estimate of drug-likeness (QED) is 0.747. The highest BCUT2D eigenvalue weighted by Gasteiger charge is 2.11. The number of nitrogen functional groups attached to an aromatic ring is 1. The van der Waals surface area contributed by atoms with Gasteiger partial charge in [-0.1, -0.05) is 0 Å². The average molecular weight is 251 g/mol. The van der Waals surface area contributed by atoms with Crippen LogP contribution in [0.15, 0.2) is 18.2 Å². The highest BCUT2D eigenvalue weighted by molar-refractivity contribution is 5.90. The van der Waals surface area contributed by atoms with Gasteiger partial charge in [0.2, 0.25) is 0 Å². The van der Waals surface area contributed by atoms with Crippen molar-refractivity contribution in [1.29, 1.82) is 0 Å². The second-order valence-corrected chi connectivity index (χ2v) is 4.46. The van der Waals surface area contributed by atoms with Gasteiger partial charge in [-0.3, -0.25) is 0 Å². The maximum atomic E-state index is 10.8. The summed E-state index contributed by atoms with van der Waals surface area (Å²) in [5.74, 6) is -0.954. The Hall–Kier alpha value is -1.75. The Morgan fingerprint density at radius 2 is 2.00 bits per heavy atom. The first-order valence-electron chi connectivity index (χ1n) is 5.98. The third-order valence-corrected chi connectivity index (χ3v) is 2.81. The fourth-order valence-electron chi connectivity index (χ4n) is 1.75. The predicted molar refractivity (Wildman–Crippen MR) is 74.3 cm³/mol. The van der Waals surface area contributed by atoms with E-state index in [1.54, 1.807) is 12.1 Å². The van der Waals surface area contributed by atoms with Crippen LogP contribution >= 0.6 is 0 Å². The minimum Gasteiger partial charge on any atom is -0.478 e. The van der Waals surface area contributed by atoms with Gasteiger partial charge in [0, 0.05) is 19.6 Å². The first kappa shape index (κ1) is 14.3. The van der Waals surface area contributed by atoms with Crippen molar-refractivity contribution in [2.45, 2.75) is 6.92 Å². The van der Waals surface area contributed by atoms with Crippen molar-refractivity contribution in [2.24, 2.45) is 0 Å². The van der Waals surface area contributed by atoms with Gasteiger partial charge in [-0.05, 0) is 39.2 Å². The Morgan fingerprint density at radius 1 is 1.33 bits per heavy atom. The smallest absolute Gasteiger partial charge is 0.335 e. The van der Waals surface area contributed by atoms with Crippen molar-refractivity contribution in [3.05, 3.63) is 23.8 Å². The summed E-state index contributed by atoms with van der Waals surface area (Å²) in [6.07, 6.45) is 0. The van der Waals surface area contributed by atoms with E-state index in [2.05, 4.69) is 16.7 Å². The number of anilines is 2. The van der Waals surface area contributed by atoms with Gasteiger partial charge < -0.3 is 20.6 Å². The lowest BCUT2D eigenvalue weighted by Crippen LogP contribution is -2.32. The van der Waals surface area contributed by atoms with Crippen LogP contribution in [-0.2, 0) is 0 Å². The highest BCUT2D eigenvalue weighted by Crippen LogP contribution is 2.24. The zero-order chi connectivity index (χ0) is 13.7. The molecular formula is C13H21N3O2. The van der Waals surface area contributed by atoms with E-state index in [0.717, 1.165) is 25.3 Å². The topological polar surface area (TPSA) is 69.8 Å². The van der Waals surface area contributed by atoms with Crippen LogP contribution in [-0.4, -0.2) is 49.7 Å². The number of aromatic carboxylic acids is 1. The number of nitrogens with two attached hydrogens (primary N) is 1. The number of carboxylic acids is 1. The number of likely N-dealkylation sites (N-methyl/N-ethyl adjacent to an activating group) is 2. The van der Waals surface area contributed by atoms with Crippen LogP contribution in [0.5, 0.6) is 0 Å². The Bertz CT molecular complexity index is 419. The molecule has 3 N–H and O–H groups in total. The highest BCUT2D eigenvalue weighted by atomic mass is 16.4. The molecule has 0 aromatic heterocycles. The minimum absolute atomic E-state index is 0.222. The molecule has 0 spiro atoms. The second-order valence-electron chi connectivity index (χ2n) is 4.46. The van der Waals surface area contributed by atoms with Crippen LogP contribution in [0, 0.1) is 0 Å². The van der Waals surface area contributed by atoms with Gasteiger partial charge >= 0.3 is 5.97 Å². The van der Waals surface area contributed by atoms with E-state index in [1.807, 2.05) is 14.1 Å². The molecule has 0 bridgehead atoms. The Balaban J connectivity index is 2.89. The summed E-state index contributed by atoms with van der Waals surface area (Å²) >= 11 is 0. The summed E-state index contributed by atoms with van der Waals surface area (Å²) in [7, 11) is 4.04. The molecule has 18 heavy (non-hydrogen) atoms. The first-order valence-corrected chi connectivity index (χ1v) is 5.98. The molecule has 5 heteroatoms. The largest absolute Gasteiger partial charge is 0.478 e. The molecule has 0 heterocycles. The standard InChI is InChI=1S/C13H21N3O2/c1-4-16(8-7-15(2)3)12-6-5-10(13(17)18)9-11(12)14/h5-6,9H,4,7-8,14H2,1-3H3,(H,17,18). The SMILES string of the molecule is CCN(CCN(C)C)c1ccc(C(=O)O)cc1N. The molecule has 1 aromatic carbocycles. The van der Waals surface area contributed by atoms with Gasteiger partial charge in [0.15, 0.2) is 0 Å². The Labute approximate surface area is 108 Å². The number of nitrogens with zero attached hydrogens (tertiary/aromatic N) is 2. The maximum absolute atomic E-state index is 10.8. The van der Waals surface area contributed by atoms with Crippen molar-refractivity contribution in [1.82, 2.24) is 4.90 Å². The van der Waals surface area contributed by atoms with E-state index in [-0.39, 0.29) is 5.56 Å². The van der Waals surface area contributed by atoms with Gasteiger partial charge in [0.25, 0.3) is 0 Å². The predicted octanol–water partition coefficient (Wildman–Crippen LogP) is 1.35. The van der Waals surface area contributed by atoms with Crippen LogP contribution < -0.4 is 10.6 Å². The summed E-state index contributed by atoms with van der Waals surface area (Å²) in [6.45, 7) is 4.68. The van der Waals surface area contributed by atoms with Gasteiger partial charge in [0.05, 0.1) is 16.9 Å². The van der Waals surface area contributed by atoms with Crippen LogP contribution in [0.2, 0.25) is 0 Å². The zero-order valence-corrected chi connectivity index (χ0v) is 11.2. The van der Waals surface area contributed by atoms with Crippen LogP contribution in [0.1, 0.15) is 17.3 Å². The Morgan fingerprint density at radius 3 is 2.44 bits per heavy atom. The summed E-state index contributed by atoms with van der Waals surface area (Å²) in [6, 6.07) is 4.88. The molecule has 0 saturated heterocycles. The molecule has 0 aliphatic carbocycles. The van der Waals surface area contributed by atoms with Crippen LogP contribution in [0.4, 0.5) is 11.4 Å². The molecule has 0 saturated carbocycles. The van der Waals surface area contributed by atoms with Crippen molar-refractivity contribution in [2.75, 3.05) is 44.4 Å². The number of carboxylic acid groups (broad SMARTS) is 1. The van der Waals surface area contributed by atoms with Crippen LogP contribution in [0.3, 0.4) is 0 Å². The minimum atomic E-state index is -0.954. The molecule has 1 rings (SSSR count). The number of rotatable bonds is 6. The summed E-state index contributed by atoms with van der Waals surface area (Å²) in [4.78, 5) is 15.1. The molecule has 0 aliphatic rings. The zero-order valence-electron chi connectivity index (χ0n) is 11.2. The molecule has 0 fully saturated rings. The first-order chi connectivity index (χ1) is 8.45. The molecule has 1 aromatic rings. The van der Waals surface area contributed by atoms with Gasteiger partial charge in [0.1, 0.15) is 0 Å². The fourth-order valence-corrected chi connectivity index (χ4v) is 1.75. The van der Waals surface area contributed by atoms with E-state index in [0.29, 0.717) is 5.69 Å². The van der Waals surface area contributed by atoms with E-state index < -0.39 is 5.97 Å². The summed E-state index contributed by atoms with van der Waals surface area (Å²) in [5.41, 5.74) is 7.55. The van der Waals surface area contributed by atoms with E-state index in [9.17, 15) is 4.79 Å². The monoisotopic (exact) mass is 251 g/mol. The van der Waals surface area contributed by atoms with Crippen molar-refractivity contribution in [3.63, 3.8) is 0 Å². The molecule has 100 valence electrons. The van der Waals surface area contributed by atoms with Crippen LogP contribution in [0.25, 0.3) is 0 Å². The third-order valence-electron chi connectivity index (χ3n) is 2.81. The fraction of sp³-hybridized carbons (Fsp3) is 0.462. The van der Waals surface area contributed by atoms with Crippen molar-refractivity contribution < 1.29 is 9.90 Å². The maximum Gasteiger partial charge on any atom is 0.335 e. The molecule has 5 nitrogen and oxygen atoms in total. The van der Waals surface area contributed by atoms with E-state index >= 15 is 0 Å². The number of hydrogen-bond acceptors (Lipinski definition) is 4. The van der Waals surface area contributed by atoms with Gasteiger partial charge in [-0.15, -0.1) is 0 Å². The summed E-state index contributed by atoms with van der Waals surface area (Å²) < 4.78 is 0. The Kier molecular flexibility index (Phi) is 4.97. The van der Waals surface area contributed by atoms with Crippen molar-refractivity contribution >= 4 is 17.3 Å².